The van der Waals surface area contributed by atoms with Crippen LogP contribution in [0.5, 0.6) is 0 Å². The van der Waals surface area contributed by atoms with Crippen molar-refractivity contribution in [1.29, 1.82) is 0 Å². The number of anilines is 1. The van der Waals surface area contributed by atoms with E-state index >= 15 is 0 Å². The maximum Gasteiger partial charge on any atom is 0.236 e. The van der Waals surface area contributed by atoms with Crippen molar-refractivity contribution in [2.24, 2.45) is 5.92 Å². The summed E-state index contributed by atoms with van der Waals surface area (Å²) in [6.45, 7) is 3.60. The number of hydrogen-bond acceptors (Lipinski definition) is 7. The van der Waals surface area contributed by atoms with Crippen molar-refractivity contribution in [2.75, 3.05) is 17.7 Å². The third-order valence-corrected chi connectivity index (χ3v) is 8.00. The largest absolute Gasteiger partial charge is 0.376 e. The van der Waals surface area contributed by atoms with Crippen molar-refractivity contribution >= 4 is 34.1 Å². The van der Waals surface area contributed by atoms with Gasteiger partial charge in [0.1, 0.15) is 5.82 Å². The molecule has 0 spiro atoms. The van der Waals surface area contributed by atoms with Gasteiger partial charge in [-0.05, 0) is 62.3 Å². The van der Waals surface area contributed by atoms with Gasteiger partial charge in [-0.1, -0.05) is 18.7 Å². The molecular weight excluding hydrogens is 461 g/mol. The lowest BCUT2D eigenvalue weighted by atomic mass is 9.93. The number of fused-ring (bicyclic) bond motifs is 1. The van der Waals surface area contributed by atoms with Gasteiger partial charge in [-0.25, -0.2) is 9.37 Å². The van der Waals surface area contributed by atoms with E-state index in [2.05, 4.69) is 27.4 Å². The van der Waals surface area contributed by atoms with Crippen molar-refractivity contribution in [2.45, 2.75) is 56.8 Å². The number of nitrogens with zero attached hydrogens (tertiary/aromatic N) is 4. The number of aromatic nitrogens is 4. The standard InChI is InChI=1S/C23H26FN5O2S2/c1-14-4-9-18-19(11-14)33-22(25-18)26-20(30)13-32-23-28-27-21(15-5-7-16(24)8-6-15)29(23)12-17-3-2-10-31-17/h5-8,14,17H,2-4,9-13H2,1H3,(H,25,26,30)/t14-,17-/m1/s1. The van der Waals surface area contributed by atoms with Crippen LogP contribution in [0.4, 0.5) is 9.52 Å². The van der Waals surface area contributed by atoms with E-state index in [1.54, 1.807) is 23.5 Å². The number of halogens is 1. The first-order valence-corrected chi connectivity index (χ1v) is 13.1. The predicted octanol–water partition coefficient (Wildman–Crippen LogP) is 4.58. The molecule has 0 radical (unpaired) electrons. The van der Waals surface area contributed by atoms with Gasteiger partial charge in [-0.15, -0.1) is 21.5 Å². The van der Waals surface area contributed by atoms with Crippen molar-refractivity contribution in [3.8, 4) is 11.4 Å². The van der Waals surface area contributed by atoms with Crippen LogP contribution in [0.25, 0.3) is 11.4 Å². The van der Waals surface area contributed by atoms with Gasteiger partial charge in [-0.2, -0.15) is 0 Å². The second kappa shape index (κ2) is 9.90. The fourth-order valence-corrected chi connectivity index (χ4v) is 6.18. The lowest BCUT2D eigenvalue weighted by Gasteiger charge is -2.15. The van der Waals surface area contributed by atoms with Gasteiger partial charge in [0.2, 0.25) is 5.91 Å². The van der Waals surface area contributed by atoms with E-state index < -0.39 is 0 Å². The SMILES string of the molecule is C[C@@H]1CCc2nc(NC(=O)CSc3nnc(-c4ccc(F)cc4)n3C[C@H]3CCCO3)sc2C1. The van der Waals surface area contributed by atoms with Crippen molar-refractivity contribution in [3.63, 3.8) is 0 Å². The van der Waals surface area contributed by atoms with Crippen LogP contribution in [0, 0.1) is 11.7 Å². The van der Waals surface area contributed by atoms with E-state index in [4.69, 9.17) is 4.74 Å². The molecule has 2 atom stereocenters. The van der Waals surface area contributed by atoms with Crippen LogP contribution < -0.4 is 5.32 Å². The van der Waals surface area contributed by atoms with E-state index in [1.807, 2.05) is 4.57 Å². The fourth-order valence-electron chi connectivity index (χ4n) is 4.24. The Hall–Kier alpha value is -2.30. The van der Waals surface area contributed by atoms with Crippen molar-refractivity contribution in [3.05, 3.63) is 40.7 Å². The first-order valence-electron chi connectivity index (χ1n) is 11.3. The maximum atomic E-state index is 13.4. The van der Waals surface area contributed by atoms with E-state index in [0.717, 1.165) is 50.0 Å². The lowest BCUT2D eigenvalue weighted by molar-refractivity contribution is -0.113. The van der Waals surface area contributed by atoms with E-state index in [1.165, 1.54) is 28.8 Å². The molecule has 2 aromatic heterocycles. The summed E-state index contributed by atoms with van der Waals surface area (Å²) in [5, 5.41) is 12.9. The predicted molar refractivity (Wildman–Crippen MR) is 127 cm³/mol. The summed E-state index contributed by atoms with van der Waals surface area (Å²) in [6.07, 6.45) is 5.25. The number of nitrogens with one attached hydrogen (secondary N) is 1. The van der Waals surface area contributed by atoms with E-state index in [9.17, 15) is 9.18 Å². The molecule has 0 bridgehead atoms. The van der Waals surface area contributed by atoms with Crippen LogP contribution in [-0.2, 0) is 28.9 Å². The zero-order valence-electron chi connectivity index (χ0n) is 18.4. The van der Waals surface area contributed by atoms with Crippen LogP contribution in [-0.4, -0.2) is 44.1 Å². The number of ether oxygens (including phenoxy) is 1. The smallest absolute Gasteiger partial charge is 0.236 e. The molecule has 0 saturated carbocycles. The molecule has 1 aliphatic heterocycles. The minimum Gasteiger partial charge on any atom is -0.376 e. The molecular formula is C23H26FN5O2S2. The molecule has 3 aromatic rings. The summed E-state index contributed by atoms with van der Waals surface area (Å²) in [5.74, 6) is 1.11. The maximum absolute atomic E-state index is 13.4. The summed E-state index contributed by atoms with van der Waals surface area (Å²) in [5.41, 5.74) is 1.90. The van der Waals surface area contributed by atoms with Gasteiger partial charge in [0.05, 0.1) is 24.1 Å². The second-order valence-electron chi connectivity index (χ2n) is 8.63. The first kappa shape index (κ1) is 22.5. The van der Waals surface area contributed by atoms with Crippen LogP contribution in [0.15, 0.2) is 29.4 Å². The number of carbonyl (C=O) groups is 1. The Kier molecular flexibility index (Phi) is 6.75. The summed E-state index contributed by atoms with van der Waals surface area (Å²) >= 11 is 2.92. The topological polar surface area (TPSA) is 81.9 Å². The van der Waals surface area contributed by atoms with Crippen molar-refractivity contribution < 1.29 is 13.9 Å². The second-order valence-corrected chi connectivity index (χ2v) is 10.7. The van der Waals surface area contributed by atoms with Crippen LogP contribution in [0.1, 0.15) is 36.8 Å². The molecule has 3 heterocycles. The average molecular weight is 488 g/mol. The van der Waals surface area contributed by atoms with Crippen LogP contribution in [0.3, 0.4) is 0 Å². The zero-order chi connectivity index (χ0) is 22.8. The number of thioether (sulfide) groups is 1. The molecule has 174 valence electrons. The van der Waals surface area contributed by atoms with Gasteiger partial charge in [0.15, 0.2) is 16.1 Å². The summed E-state index contributed by atoms with van der Waals surface area (Å²) < 4.78 is 21.2. The number of aryl methyl sites for hydroxylation is 1. The highest BCUT2D eigenvalue weighted by molar-refractivity contribution is 7.99. The number of amides is 1. The lowest BCUT2D eigenvalue weighted by Crippen LogP contribution is -2.18. The third kappa shape index (κ3) is 5.28. The Labute approximate surface area is 200 Å². The molecule has 2 aliphatic rings. The van der Waals surface area contributed by atoms with Gasteiger partial charge in [0, 0.05) is 17.0 Å². The molecule has 1 saturated heterocycles. The summed E-state index contributed by atoms with van der Waals surface area (Å²) in [6, 6.07) is 6.21. The fraction of sp³-hybridized carbons (Fsp3) is 0.478. The number of rotatable bonds is 7. The summed E-state index contributed by atoms with van der Waals surface area (Å²) in [4.78, 5) is 18.5. The average Bonchev–Trinajstić information content (AvgIpc) is 3.53. The van der Waals surface area contributed by atoms with Crippen LogP contribution >= 0.6 is 23.1 Å². The number of thiazole rings is 1. The number of carbonyl (C=O) groups excluding carboxylic acids is 1. The normalized spacial score (nSPS) is 20.1. The van der Waals surface area contributed by atoms with Gasteiger partial charge in [0.25, 0.3) is 0 Å². The molecule has 1 aliphatic carbocycles. The van der Waals surface area contributed by atoms with Crippen molar-refractivity contribution in [1.82, 2.24) is 19.7 Å². The monoisotopic (exact) mass is 487 g/mol. The van der Waals surface area contributed by atoms with E-state index in [0.29, 0.717) is 28.6 Å². The molecule has 0 unspecified atom stereocenters. The van der Waals surface area contributed by atoms with Gasteiger partial charge < -0.3 is 10.1 Å². The zero-order valence-corrected chi connectivity index (χ0v) is 20.1. The Bertz CT molecular complexity index is 1120. The van der Waals surface area contributed by atoms with Gasteiger partial charge in [-0.3, -0.25) is 9.36 Å². The Balaban J connectivity index is 1.28. The number of benzene rings is 1. The highest BCUT2D eigenvalue weighted by Gasteiger charge is 2.23. The highest BCUT2D eigenvalue weighted by atomic mass is 32.2. The molecule has 1 amide bonds. The molecule has 1 fully saturated rings. The summed E-state index contributed by atoms with van der Waals surface area (Å²) in [7, 11) is 0. The highest BCUT2D eigenvalue weighted by Crippen LogP contribution is 2.32. The minimum absolute atomic E-state index is 0.0809. The van der Waals surface area contributed by atoms with Gasteiger partial charge >= 0.3 is 0 Å². The number of hydrogen-bond donors (Lipinski definition) is 1. The molecule has 10 heteroatoms. The molecule has 5 rings (SSSR count). The Morgan fingerprint density at radius 1 is 1.30 bits per heavy atom. The molecule has 33 heavy (non-hydrogen) atoms. The quantitative estimate of drug-likeness (QED) is 0.492. The first-order chi connectivity index (χ1) is 16.0. The van der Waals surface area contributed by atoms with Crippen LogP contribution in [0.2, 0.25) is 0 Å². The molecule has 1 N–H and O–H groups in total. The molecule has 7 nitrogen and oxygen atoms in total. The Morgan fingerprint density at radius 3 is 2.94 bits per heavy atom. The molecule has 1 aromatic carbocycles. The Morgan fingerprint density at radius 2 is 2.15 bits per heavy atom. The van der Waals surface area contributed by atoms with E-state index in [-0.39, 0.29) is 23.6 Å². The third-order valence-electron chi connectivity index (χ3n) is 5.99. The minimum atomic E-state index is -0.298.